The molecule has 0 saturated carbocycles. The third kappa shape index (κ3) is 3.15. The Labute approximate surface area is 114 Å². The summed E-state index contributed by atoms with van der Waals surface area (Å²) in [5, 5.41) is 3.29. The number of hydrogen-bond donors (Lipinski definition) is 1. The zero-order chi connectivity index (χ0) is 12.3. The molecule has 0 aliphatic carbocycles. The van der Waals surface area contributed by atoms with E-state index in [1.807, 2.05) is 12.1 Å². The van der Waals surface area contributed by atoms with E-state index in [-0.39, 0.29) is 0 Å². The summed E-state index contributed by atoms with van der Waals surface area (Å²) in [4.78, 5) is 4.68. The van der Waals surface area contributed by atoms with Crippen molar-refractivity contribution in [3.05, 3.63) is 39.1 Å². The molecule has 2 nitrogen and oxygen atoms in total. The Morgan fingerprint density at radius 1 is 1.47 bits per heavy atom. The molecule has 0 aliphatic heterocycles. The minimum atomic E-state index is 0.450. The van der Waals surface area contributed by atoms with E-state index in [2.05, 4.69) is 45.4 Å². The van der Waals surface area contributed by atoms with Crippen LogP contribution < -0.4 is 5.73 Å². The summed E-state index contributed by atoms with van der Waals surface area (Å²) in [6, 6.07) is 8.22. The summed E-state index contributed by atoms with van der Waals surface area (Å²) >= 11 is 5.20. The highest BCUT2D eigenvalue weighted by Crippen LogP contribution is 2.28. The third-order valence-corrected chi connectivity index (χ3v) is 4.23. The maximum Gasteiger partial charge on any atom is 0.0961 e. The van der Waals surface area contributed by atoms with Crippen LogP contribution in [0.25, 0.3) is 11.3 Å². The van der Waals surface area contributed by atoms with Crippen molar-refractivity contribution in [2.24, 2.45) is 5.73 Å². The average molecular weight is 311 g/mol. The second-order valence-electron chi connectivity index (χ2n) is 4.06. The van der Waals surface area contributed by atoms with Gasteiger partial charge in [0.05, 0.1) is 10.7 Å². The molecule has 1 aromatic heterocycles. The van der Waals surface area contributed by atoms with Crippen LogP contribution in [0.3, 0.4) is 0 Å². The average Bonchev–Trinajstić information content (AvgIpc) is 2.78. The van der Waals surface area contributed by atoms with E-state index in [4.69, 9.17) is 5.73 Å². The van der Waals surface area contributed by atoms with Gasteiger partial charge in [0.1, 0.15) is 0 Å². The van der Waals surface area contributed by atoms with Gasteiger partial charge >= 0.3 is 0 Å². The maximum atomic E-state index is 5.58. The van der Waals surface area contributed by atoms with E-state index >= 15 is 0 Å². The predicted octanol–water partition coefficient (Wildman–Crippen LogP) is 4.02. The van der Waals surface area contributed by atoms with Crippen LogP contribution in [0, 0.1) is 0 Å². The molecular weight excluding hydrogens is 296 g/mol. The van der Waals surface area contributed by atoms with Crippen LogP contribution in [-0.4, -0.2) is 11.5 Å². The lowest BCUT2D eigenvalue weighted by atomic mass is 10.1. The number of nitrogens with zero attached hydrogens (tertiary/aromatic N) is 1. The molecule has 0 saturated heterocycles. The molecule has 1 heterocycles. The number of aromatic nitrogens is 1. The largest absolute Gasteiger partial charge is 0.330 e. The van der Waals surface area contributed by atoms with Crippen LogP contribution >= 0.6 is 27.3 Å². The molecule has 0 spiro atoms. The van der Waals surface area contributed by atoms with Crippen molar-refractivity contribution in [3.8, 4) is 11.3 Å². The first-order valence-corrected chi connectivity index (χ1v) is 7.29. The van der Waals surface area contributed by atoms with E-state index in [0.717, 1.165) is 22.2 Å². The van der Waals surface area contributed by atoms with Crippen molar-refractivity contribution < 1.29 is 0 Å². The number of nitrogens with two attached hydrogens (primary N) is 1. The summed E-state index contributed by atoms with van der Waals surface area (Å²) in [6.45, 7) is 2.89. The molecule has 1 aromatic carbocycles. The molecule has 90 valence electrons. The highest BCUT2D eigenvalue weighted by Gasteiger charge is 2.10. The molecule has 0 radical (unpaired) electrons. The Morgan fingerprint density at radius 3 is 3.00 bits per heavy atom. The van der Waals surface area contributed by atoms with Gasteiger partial charge in [0.2, 0.25) is 0 Å². The van der Waals surface area contributed by atoms with E-state index in [0.29, 0.717) is 12.5 Å². The van der Waals surface area contributed by atoms with Crippen LogP contribution in [0.2, 0.25) is 0 Å². The van der Waals surface area contributed by atoms with Crippen LogP contribution in [-0.2, 0) is 0 Å². The number of halogens is 1. The van der Waals surface area contributed by atoms with E-state index in [9.17, 15) is 0 Å². The van der Waals surface area contributed by atoms with Crippen LogP contribution in [0.15, 0.2) is 34.1 Å². The predicted molar refractivity (Wildman–Crippen MR) is 77.3 cm³/mol. The Kier molecular flexibility index (Phi) is 4.31. The fraction of sp³-hybridized carbons (Fsp3) is 0.308. The highest BCUT2D eigenvalue weighted by molar-refractivity contribution is 9.10. The summed E-state index contributed by atoms with van der Waals surface area (Å²) in [7, 11) is 0. The SMILES string of the molecule is CC(CCN)c1nc(-c2cccc(Br)c2)cs1. The Bertz CT molecular complexity index is 496. The summed E-state index contributed by atoms with van der Waals surface area (Å²) in [5.74, 6) is 0.450. The molecule has 1 unspecified atom stereocenters. The van der Waals surface area contributed by atoms with Gasteiger partial charge in [0.15, 0.2) is 0 Å². The topological polar surface area (TPSA) is 38.9 Å². The third-order valence-electron chi connectivity index (χ3n) is 2.66. The van der Waals surface area contributed by atoms with Gasteiger partial charge in [-0.05, 0) is 25.1 Å². The standard InChI is InChI=1S/C13H15BrN2S/c1-9(5-6-15)13-16-12(8-17-13)10-3-2-4-11(14)7-10/h2-4,7-9H,5-6,15H2,1H3. The lowest BCUT2D eigenvalue weighted by molar-refractivity contribution is 0.685. The van der Waals surface area contributed by atoms with E-state index in [1.54, 1.807) is 11.3 Å². The van der Waals surface area contributed by atoms with Crippen LogP contribution in [0.1, 0.15) is 24.3 Å². The monoisotopic (exact) mass is 310 g/mol. The second kappa shape index (κ2) is 5.76. The quantitative estimate of drug-likeness (QED) is 0.926. The van der Waals surface area contributed by atoms with Gasteiger partial charge in [-0.2, -0.15) is 0 Å². The zero-order valence-electron chi connectivity index (χ0n) is 9.69. The Hall–Kier alpha value is -0.710. The zero-order valence-corrected chi connectivity index (χ0v) is 12.1. The summed E-state index contributed by atoms with van der Waals surface area (Å²) < 4.78 is 1.08. The molecule has 4 heteroatoms. The first-order valence-electron chi connectivity index (χ1n) is 5.62. The molecule has 0 amide bonds. The molecular formula is C13H15BrN2S. The summed E-state index contributed by atoms with van der Waals surface area (Å²) in [6.07, 6.45) is 0.992. The fourth-order valence-corrected chi connectivity index (χ4v) is 2.99. The van der Waals surface area contributed by atoms with E-state index < -0.39 is 0 Å². The van der Waals surface area contributed by atoms with Crippen molar-refractivity contribution in [2.75, 3.05) is 6.54 Å². The lowest BCUT2D eigenvalue weighted by Gasteiger charge is -2.04. The maximum absolute atomic E-state index is 5.58. The van der Waals surface area contributed by atoms with Gasteiger partial charge in [-0.15, -0.1) is 11.3 Å². The smallest absolute Gasteiger partial charge is 0.0961 e. The normalized spacial score (nSPS) is 12.6. The van der Waals surface area contributed by atoms with E-state index in [1.165, 1.54) is 5.01 Å². The van der Waals surface area contributed by atoms with Crippen molar-refractivity contribution in [2.45, 2.75) is 19.3 Å². The summed E-state index contributed by atoms with van der Waals surface area (Å²) in [5.41, 5.74) is 7.78. The molecule has 17 heavy (non-hydrogen) atoms. The van der Waals surface area contributed by atoms with Gasteiger partial charge in [-0.3, -0.25) is 0 Å². The van der Waals surface area contributed by atoms with Crippen molar-refractivity contribution in [3.63, 3.8) is 0 Å². The number of hydrogen-bond acceptors (Lipinski definition) is 3. The van der Waals surface area contributed by atoms with Crippen LogP contribution in [0.4, 0.5) is 0 Å². The fourth-order valence-electron chi connectivity index (χ4n) is 1.67. The van der Waals surface area contributed by atoms with Crippen molar-refractivity contribution in [1.29, 1.82) is 0 Å². The lowest BCUT2D eigenvalue weighted by Crippen LogP contribution is -2.04. The molecule has 2 rings (SSSR count). The molecule has 2 N–H and O–H groups in total. The molecule has 0 aliphatic rings. The first kappa shape index (κ1) is 12.7. The van der Waals surface area contributed by atoms with Crippen molar-refractivity contribution >= 4 is 27.3 Å². The molecule has 2 aromatic rings. The molecule has 1 atom stereocenters. The number of benzene rings is 1. The second-order valence-corrected chi connectivity index (χ2v) is 5.87. The molecule has 0 bridgehead atoms. The minimum Gasteiger partial charge on any atom is -0.330 e. The van der Waals surface area contributed by atoms with Gasteiger partial charge in [0.25, 0.3) is 0 Å². The van der Waals surface area contributed by atoms with Gasteiger partial charge in [-0.25, -0.2) is 4.98 Å². The van der Waals surface area contributed by atoms with Gasteiger partial charge in [-0.1, -0.05) is 35.0 Å². The van der Waals surface area contributed by atoms with Crippen LogP contribution in [0.5, 0.6) is 0 Å². The van der Waals surface area contributed by atoms with Gasteiger partial charge in [0, 0.05) is 21.3 Å². The van der Waals surface area contributed by atoms with Gasteiger partial charge < -0.3 is 5.73 Å². The highest BCUT2D eigenvalue weighted by atomic mass is 79.9. The molecule has 0 fully saturated rings. The Morgan fingerprint density at radius 2 is 2.29 bits per heavy atom. The van der Waals surface area contributed by atoms with Crippen molar-refractivity contribution in [1.82, 2.24) is 4.98 Å². The minimum absolute atomic E-state index is 0.450. The number of thiazole rings is 1. The number of rotatable bonds is 4. The first-order chi connectivity index (χ1) is 8.20. The Balaban J connectivity index is 2.23.